The lowest BCUT2D eigenvalue weighted by molar-refractivity contribution is 0.360. The summed E-state index contributed by atoms with van der Waals surface area (Å²) in [5.41, 5.74) is -1.67. The van der Waals surface area contributed by atoms with Gasteiger partial charge in [0.1, 0.15) is 12.3 Å². The van der Waals surface area contributed by atoms with Crippen molar-refractivity contribution in [3.63, 3.8) is 0 Å². The van der Waals surface area contributed by atoms with E-state index in [1.807, 2.05) is 0 Å². The van der Waals surface area contributed by atoms with Crippen molar-refractivity contribution >= 4 is 0 Å². The molecule has 0 aliphatic heterocycles. The van der Waals surface area contributed by atoms with Crippen molar-refractivity contribution in [2.75, 3.05) is 7.11 Å². The van der Waals surface area contributed by atoms with Gasteiger partial charge in [0, 0.05) is 5.56 Å². The Kier molecular flexibility index (Phi) is 5.72. The van der Waals surface area contributed by atoms with Gasteiger partial charge >= 0.3 is 17.1 Å². The summed E-state index contributed by atoms with van der Waals surface area (Å²) < 4.78 is 13.0. The molecule has 0 bridgehead atoms. The van der Waals surface area contributed by atoms with Gasteiger partial charge in [0.2, 0.25) is 11.7 Å². The summed E-state index contributed by atoms with van der Waals surface area (Å²) >= 11 is 0. The molecule has 0 saturated carbocycles. The Bertz CT molecular complexity index is 1180. The maximum absolute atomic E-state index is 12.7. The predicted octanol–water partition coefficient (Wildman–Crippen LogP) is 0.651. The summed E-state index contributed by atoms with van der Waals surface area (Å²) in [4.78, 5) is 41.9. The molecule has 0 saturated heterocycles. The summed E-state index contributed by atoms with van der Waals surface area (Å²) in [6, 6.07) is 7.04. The minimum absolute atomic E-state index is 0.0379. The first kappa shape index (κ1) is 19.8. The molecule has 2 heterocycles. The van der Waals surface area contributed by atoms with Gasteiger partial charge in [-0.3, -0.25) is 0 Å². The molecule has 0 radical (unpaired) electrons. The first-order chi connectivity index (χ1) is 14.0. The van der Waals surface area contributed by atoms with E-state index in [2.05, 4.69) is 23.3 Å². The third-order valence-electron chi connectivity index (χ3n) is 4.10. The molecule has 150 valence electrons. The molecule has 0 aliphatic carbocycles. The Hall–Kier alpha value is -3.95. The van der Waals surface area contributed by atoms with E-state index in [0.29, 0.717) is 11.3 Å². The quantitative estimate of drug-likeness (QED) is 0.513. The maximum atomic E-state index is 12.7. The fourth-order valence-electron chi connectivity index (χ4n) is 2.72. The van der Waals surface area contributed by atoms with Crippen molar-refractivity contribution in [3.8, 4) is 17.1 Å². The molecule has 0 fully saturated rings. The topological polar surface area (TPSA) is 114 Å². The Labute approximate surface area is 164 Å². The maximum Gasteiger partial charge on any atom is 0.337 e. The van der Waals surface area contributed by atoms with Crippen molar-refractivity contribution in [1.82, 2.24) is 23.8 Å². The molecule has 1 aromatic carbocycles. The average Bonchev–Trinajstić information content (AvgIpc) is 3.20. The van der Waals surface area contributed by atoms with Crippen LogP contribution >= 0.6 is 0 Å². The van der Waals surface area contributed by atoms with E-state index in [-0.39, 0.29) is 31.3 Å². The van der Waals surface area contributed by atoms with E-state index in [0.717, 1.165) is 13.7 Å². The number of ether oxygens (including phenoxy) is 1. The predicted molar refractivity (Wildman–Crippen MR) is 105 cm³/mol. The molecule has 3 rings (SSSR count). The zero-order valence-corrected chi connectivity index (χ0v) is 15.8. The fraction of sp³-hybridized carbons (Fsp3) is 0.211. The van der Waals surface area contributed by atoms with Crippen molar-refractivity contribution in [3.05, 3.63) is 86.9 Å². The van der Waals surface area contributed by atoms with Crippen LogP contribution in [-0.2, 0) is 19.6 Å². The van der Waals surface area contributed by atoms with Gasteiger partial charge in [-0.2, -0.15) is 4.98 Å². The smallest absolute Gasteiger partial charge is 0.337 e. The standard InChI is InChI=1S/C19H19N5O5/c1-4-9-22-17(25)23(10-5-2)19(27)24(18(22)26)12-15-20-16(21-29-15)13-7-6-8-14(11-13)28-3/h4-8,11H,1-2,9-10,12H2,3H3. The highest BCUT2D eigenvalue weighted by molar-refractivity contribution is 5.56. The number of benzene rings is 1. The van der Waals surface area contributed by atoms with Crippen molar-refractivity contribution in [1.29, 1.82) is 0 Å². The highest BCUT2D eigenvalue weighted by Crippen LogP contribution is 2.21. The largest absolute Gasteiger partial charge is 0.497 e. The molecule has 2 aromatic heterocycles. The fourth-order valence-corrected chi connectivity index (χ4v) is 2.72. The number of aromatic nitrogens is 5. The lowest BCUT2D eigenvalue weighted by Gasteiger charge is -2.10. The number of rotatable bonds is 8. The van der Waals surface area contributed by atoms with Crippen molar-refractivity contribution in [2.24, 2.45) is 0 Å². The number of allylic oxidation sites excluding steroid dienone is 2. The van der Waals surface area contributed by atoms with E-state index < -0.39 is 17.1 Å². The molecule has 0 amide bonds. The third kappa shape index (κ3) is 3.86. The van der Waals surface area contributed by atoms with E-state index in [9.17, 15) is 14.4 Å². The van der Waals surface area contributed by atoms with Gasteiger partial charge < -0.3 is 9.26 Å². The molecule has 10 nitrogen and oxygen atoms in total. The van der Waals surface area contributed by atoms with Crippen molar-refractivity contribution < 1.29 is 9.26 Å². The first-order valence-electron chi connectivity index (χ1n) is 8.63. The van der Waals surface area contributed by atoms with E-state index >= 15 is 0 Å². The average molecular weight is 397 g/mol. The SMILES string of the molecule is C=CCn1c(=O)n(CC=C)c(=O)n(Cc2nc(-c3cccc(OC)c3)no2)c1=O. The van der Waals surface area contributed by atoms with Gasteiger partial charge in [-0.05, 0) is 12.1 Å². The molecule has 0 spiro atoms. The lowest BCUT2D eigenvalue weighted by atomic mass is 10.2. The summed E-state index contributed by atoms with van der Waals surface area (Å²) in [5, 5.41) is 3.89. The molecule has 0 atom stereocenters. The third-order valence-corrected chi connectivity index (χ3v) is 4.10. The minimum atomic E-state index is -0.790. The molecule has 0 aliphatic rings. The lowest BCUT2D eigenvalue weighted by Crippen LogP contribution is -2.54. The van der Waals surface area contributed by atoms with Gasteiger partial charge in [-0.1, -0.05) is 29.4 Å². The van der Waals surface area contributed by atoms with Gasteiger partial charge in [-0.15, -0.1) is 13.2 Å². The summed E-state index contributed by atoms with van der Waals surface area (Å²) in [5.74, 6) is 0.933. The van der Waals surface area contributed by atoms with Gasteiger partial charge in [0.05, 0.1) is 20.2 Å². The Morgan fingerprint density at radius 1 is 1.03 bits per heavy atom. The van der Waals surface area contributed by atoms with Crippen molar-refractivity contribution in [2.45, 2.75) is 19.6 Å². The zero-order chi connectivity index (χ0) is 21.0. The normalized spacial score (nSPS) is 10.7. The number of hydrogen-bond donors (Lipinski definition) is 0. The van der Waals surface area contributed by atoms with Crippen LogP contribution in [-0.4, -0.2) is 31.0 Å². The van der Waals surface area contributed by atoms with Gasteiger partial charge in [0.15, 0.2) is 0 Å². The Morgan fingerprint density at radius 3 is 2.24 bits per heavy atom. The number of methoxy groups -OCH3 is 1. The summed E-state index contributed by atoms with van der Waals surface area (Å²) in [6.45, 7) is 6.69. The van der Waals surface area contributed by atoms with Crippen LogP contribution in [0.5, 0.6) is 5.75 Å². The second-order valence-corrected chi connectivity index (χ2v) is 5.98. The number of hydrogen-bond acceptors (Lipinski definition) is 7. The number of nitrogens with zero attached hydrogens (tertiary/aromatic N) is 5. The van der Waals surface area contributed by atoms with Crippen LogP contribution in [0.3, 0.4) is 0 Å². The Morgan fingerprint density at radius 2 is 1.66 bits per heavy atom. The minimum Gasteiger partial charge on any atom is -0.497 e. The molecular weight excluding hydrogens is 378 g/mol. The first-order valence-corrected chi connectivity index (χ1v) is 8.63. The highest BCUT2D eigenvalue weighted by Gasteiger charge is 2.17. The molecule has 10 heteroatoms. The monoisotopic (exact) mass is 397 g/mol. The highest BCUT2D eigenvalue weighted by atomic mass is 16.5. The molecular formula is C19H19N5O5. The van der Waals surface area contributed by atoms with E-state index in [1.54, 1.807) is 31.4 Å². The second-order valence-electron chi connectivity index (χ2n) is 5.98. The zero-order valence-electron chi connectivity index (χ0n) is 15.8. The van der Waals surface area contributed by atoms with Crippen LogP contribution in [0.2, 0.25) is 0 Å². The van der Waals surface area contributed by atoms with Crippen LogP contribution in [0.25, 0.3) is 11.4 Å². The van der Waals surface area contributed by atoms with E-state index in [1.165, 1.54) is 12.2 Å². The Balaban J connectivity index is 2.04. The van der Waals surface area contributed by atoms with E-state index in [4.69, 9.17) is 9.26 Å². The summed E-state index contributed by atoms with van der Waals surface area (Å²) in [7, 11) is 1.54. The molecule has 3 aromatic rings. The molecule has 0 unspecified atom stereocenters. The van der Waals surface area contributed by atoms with Gasteiger partial charge in [0.25, 0.3) is 0 Å². The van der Waals surface area contributed by atoms with Gasteiger partial charge in [-0.25, -0.2) is 28.1 Å². The van der Waals surface area contributed by atoms with Crippen LogP contribution < -0.4 is 21.8 Å². The summed E-state index contributed by atoms with van der Waals surface area (Å²) in [6.07, 6.45) is 2.78. The van der Waals surface area contributed by atoms with Crippen LogP contribution in [0, 0.1) is 0 Å². The molecule has 0 N–H and O–H groups in total. The van der Waals surface area contributed by atoms with Crippen LogP contribution in [0.1, 0.15) is 5.89 Å². The van der Waals surface area contributed by atoms with Crippen LogP contribution in [0.4, 0.5) is 0 Å². The second kappa shape index (κ2) is 8.38. The van der Waals surface area contributed by atoms with Crippen LogP contribution in [0.15, 0.2) is 68.5 Å². The molecule has 29 heavy (non-hydrogen) atoms.